The van der Waals surface area contributed by atoms with E-state index in [4.69, 9.17) is 14.2 Å². The number of hydrogen-bond acceptors (Lipinski definition) is 4. The van der Waals surface area contributed by atoms with Crippen LogP contribution in [0.1, 0.15) is 12.0 Å². The Kier molecular flexibility index (Phi) is 5.36. The van der Waals surface area contributed by atoms with Crippen LogP contribution in [0.25, 0.3) is 10.8 Å². The van der Waals surface area contributed by atoms with Crippen molar-refractivity contribution in [2.75, 3.05) is 47.1 Å². The SMILES string of the molecule is COc1cc2ccccc2c(CCCN2CCOCC2)c1OC. The van der Waals surface area contributed by atoms with E-state index < -0.39 is 0 Å². The predicted octanol–water partition coefficient (Wildman–Crippen LogP) is 3.12. The molecule has 0 atom stereocenters. The van der Waals surface area contributed by atoms with Gasteiger partial charge in [-0.2, -0.15) is 0 Å². The highest BCUT2D eigenvalue weighted by atomic mass is 16.5. The van der Waals surface area contributed by atoms with Gasteiger partial charge in [0.15, 0.2) is 11.5 Å². The molecule has 0 unspecified atom stereocenters. The third-order valence-corrected chi connectivity index (χ3v) is 4.50. The summed E-state index contributed by atoms with van der Waals surface area (Å²) in [5, 5.41) is 2.46. The van der Waals surface area contributed by atoms with Crippen LogP contribution in [0.2, 0.25) is 0 Å². The summed E-state index contributed by atoms with van der Waals surface area (Å²) in [5.74, 6) is 1.68. The van der Waals surface area contributed by atoms with Crippen LogP contribution < -0.4 is 9.47 Å². The van der Waals surface area contributed by atoms with Gasteiger partial charge in [0.25, 0.3) is 0 Å². The van der Waals surface area contributed by atoms with Crippen molar-refractivity contribution in [3.8, 4) is 11.5 Å². The predicted molar refractivity (Wildman–Crippen MR) is 92.6 cm³/mol. The summed E-state index contributed by atoms with van der Waals surface area (Å²) in [6.45, 7) is 4.88. The third kappa shape index (κ3) is 3.59. The zero-order valence-corrected chi connectivity index (χ0v) is 14.0. The highest BCUT2D eigenvalue weighted by molar-refractivity contribution is 5.90. The minimum atomic E-state index is 0.813. The van der Waals surface area contributed by atoms with Gasteiger partial charge in [0.05, 0.1) is 27.4 Å². The Morgan fingerprint density at radius 1 is 1.09 bits per heavy atom. The Bertz CT molecular complexity index is 650. The highest BCUT2D eigenvalue weighted by Crippen LogP contribution is 2.38. The summed E-state index contributed by atoms with van der Waals surface area (Å²) in [6.07, 6.45) is 2.09. The monoisotopic (exact) mass is 315 g/mol. The molecule has 0 spiro atoms. The number of rotatable bonds is 6. The van der Waals surface area contributed by atoms with Crippen LogP contribution in [-0.2, 0) is 11.2 Å². The number of morpholine rings is 1. The molecule has 0 N–H and O–H groups in total. The molecule has 4 nitrogen and oxygen atoms in total. The molecule has 1 aliphatic rings. The van der Waals surface area contributed by atoms with Gasteiger partial charge >= 0.3 is 0 Å². The van der Waals surface area contributed by atoms with Crippen molar-refractivity contribution in [3.63, 3.8) is 0 Å². The number of fused-ring (bicyclic) bond motifs is 1. The van der Waals surface area contributed by atoms with Gasteiger partial charge in [-0.15, -0.1) is 0 Å². The molecule has 3 rings (SSSR count). The maximum absolute atomic E-state index is 5.66. The van der Waals surface area contributed by atoms with Crippen molar-refractivity contribution in [3.05, 3.63) is 35.9 Å². The van der Waals surface area contributed by atoms with Crippen LogP contribution in [0.3, 0.4) is 0 Å². The van der Waals surface area contributed by atoms with Gasteiger partial charge < -0.3 is 14.2 Å². The number of nitrogens with zero attached hydrogens (tertiary/aromatic N) is 1. The lowest BCUT2D eigenvalue weighted by Gasteiger charge is -2.26. The van der Waals surface area contributed by atoms with Gasteiger partial charge in [0, 0.05) is 18.7 Å². The third-order valence-electron chi connectivity index (χ3n) is 4.50. The van der Waals surface area contributed by atoms with E-state index in [0.717, 1.165) is 57.2 Å². The molecule has 1 heterocycles. The Balaban J connectivity index is 1.82. The average molecular weight is 315 g/mol. The molecule has 0 aliphatic carbocycles. The molecular formula is C19H25NO3. The fourth-order valence-electron chi connectivity index (χ4n) is 3.30. The van der Waals surface area contributed by atoms with Gasteiger partial charge in [-0.3, -0.25) is 4.90 Å². The second-order valence-electron chi connectivity index (χ2n) is 5.87. The van der Waals surface area contributed by atoms with E-state index >= 15 is 0 Å². The summed E-state index contributed by atoms with van der Waals surface area (Å²) in [7, 11) is 3.42. The van der Waals surface area contributed by atoms with E-state index in [0.29, 0.717) is 0 Å². The minimum Gasteiger partial charge on any atom is -0.493 e. The zero-order valence-electron chi connectivity index (χ0n) is 14.0. The van der Waals surface area contributed by atoms with Crippen molar-refractivity contribution >= 4 is 10.8 Å². The molecule has 0 aromatic heterocycles. The number of benzene rings is 2. The molecule has 0 radical (unpaired) electrons. The molecule has 0 bridgehead atoms. The van der Waals surface area contributed by atoms with Gasteiger partial charge in [0.2, 0.25) is 0 Å². The van der Waals surface area contributed by atoms with E-state index in [-0.39, 0.29) is 0 Å². The Morgan fingerprint density at radius 3 is 2.61 bits per heavy atom. The van der Waals surface area contributed by atoms with Crippen molar-refractivity contribution in [2.45, 2.75) is 12.8 Å². The molecule has 4 heteroatoms. The van der Waals surface area contributed by atoms with Gasteiger partial charge in [0.1, 0.15) is 0 Å². The smallest absolute Gasteiger partial charge is 0.164 e. The van der Waals surface area contributed by atoms with E-state index in [2.05, 4.69) is 35.2 Å². The standard InChI is InChI=1S/C19H25NO3/c1-21-18-14-15-6-3-4-7-16(15)17(19(18)22-2)8-5-9-20-10-12-23-13-11-20/h3-4,6-7,14H,5,8-13H2,1-2H3. The molecule has 2 aromatic carbocycles. The molecule has 0 saturated carbocycles. The topological polar surface area (TPSA) is 30.9 Å². The summed E-state index contributed by atoms with van der Waals surface area (Å²) >= 11 is 0. The van der Waals surface area contributed by atoms with E-state index in [1.807, 2.05) is 0 Å². The first kappa shape index (κ1) is 16.1. The van der Waals surface area contributed by atoms with E-state index in [1.165, 1.54) is 16.3 Å². The molecule has 124 valence electrons. The first-order valence-electron chi connectivity index (χ1n) is 8.26. The number of aryl methyl sites for hydroxylation is 1. The molecular weight excluding hydrogens is 290 g/mol. The first-order valence-corrected chi connectivity index (χ1v) is 8.26. The van der Waals surface area contributed by atoms with Crippen molar-refractivity contribution in [2.24, 2.45) is 0 Å². The second kappa shape index (κ2) is 7.66. The van der Waals surface area contributed by atoms with Crippen LogP contribution >= 0.6 is 0 Å². The molecule has 2 aromatic rings. The lowest BCUT2D eigenvalue weighted by molar-refractivity contribution is 0.0374. The molecule has 0 amide bonds. The fraction of sp³-hybridized carbons (Fsp3) is 0.474. The Hall–Kier alpha value is -1.78. The number of hydrogen-bond donors (Lipinski definition) is 0. The van der Waals surface area contributed by atoms with E-state index in [9.17, 15) is 0 Å². The van der Waals surface area contributed by atoms with Gasteiger partial charge in [-0.1, -0.05) is 24.3 Å². The largest absolute Gasteiger partial charge is 0.493 e. The minimum absolute atomic E-state index is 0.813. The summed E-state index contributed by atoms with van der Waals surface area (Å²) in [6, 6.07) is 10.5. The quantitative estimate of drug-likeness (QED) is 0.819. The summed E-state index contributed by atoms with van der Waals surface area (Å²) in [5.41, 5.74) is 1.25. The maximum Gasteiger partial charge on any atom is 0.164 e. The lowest BCUT2D eigenvalue weighted by atomic mass is 9.98. The lowest BCUT2D eigenvalue weighted by Crippen LogP contribution is -2.36. The Morgan fingerprint density at radius 2 is 1.87 bits per heavy atom. The van der Waals surface area contributed by atoms with Crippen LogP contribution in [0.15, 0.2) is 30.3 Å². The highest BCUT2D eigenvalue weighted by Gasteiger charge is 2.16. The number of ether oxygens (including phenoxy) is 3. The maximum atomic E-state index is 5.66. The first-order chi connectivity index (χ1) is 11.3. The van der Waals surface area contributed by atoms with Crippen LogP contribution in [0, 0.1) is 0 Å². The van der Waals surface area contributed by atoms with E-state index in [1.54, 1.807) is 14.2 Å². The van der Waals surface area contributed by atoms with Crippen LogP contribution in [0.5, 0.6) is 11.5 Å². The van der Waals surface area contributed by atoms with Gasteiger partial charge in [-0.25, -0.2) is 0 Å². The molecule has 1 aliphatic heterocycles. The molecule has 1 fully saturated rings. The summed E-state index contributed by atoms with van der Waals surface area (Å²) < 4.78 is 16.6. The van der Waals surface area contributed by atoms with Gasteiger partial charge in [-0.05, 0) is 36.2 Å². The second-order valence-corrected chi connectivity index (χ2v) is 5.87. The Labute approximate surface area is 137 Å². The molecule has 1 saturated heterocycles. The normalized spacial score (nSPS) is 15.7. The molecule has 23 heavy (non-hydrogen) atoms. The fourth-order valence-corrected chi connectivity index (χ4v) is 3.30. The average Bonchev–Trinajstić information content (AvgIpc) is 2.62. The van der Waals surface area contributed by atoms with Crippen LogP contribution in [-0.4, -0.2) is 52.0 Å². The zero-order chi connectivity index (χ0) is 16.1. The van der Waals surface area contributed by atoms with Crippen molar-refractivity contribution in [1.29, 1.82) is 0 Å². The van der Waals surface area contributed by atoms with Crippen molar-refractivity contribution in [1.82, 2.24) is 4.90 Å². The van der Waals surface area contributed by atoms with Crippen molar-refractivity contribution < 1.29 is 14.2 Å². The number of methoxy groups -OCH3 is 2. The summed E-state index contributed by atoms with van der Waals surface area (Å²) in [4.78, 5) is 2.47. The van der Waals surface area contributed by atoms with Crippen LogP contribution in [0.4, 0.5) is 0 Å².